The van der Waals surface area contributed by atoms with Gasteiger partial charge in [0.15, 0.2) is 0 Å². The fraction of sp³-hybridized carbons (Fsp3) is 0. The second kappa shape index (κ2) is 7.55. The van der Waals surface area contributed by atoms with Crippen LogP contribution in [-0.4, -0.2) is 15.8 Å². The standard InChI is InChI=1S/C21H15BrN4O/c22-16-8-6-7-15(13-16)14-23-25-21-24-19-12-5-4-11-18(19)20(27)26(21)17-9-2-1-3-10-17/h1-14H,(H,24,25)/b23-14-. The van der Waals surface area contributed by atoms with Crippen molar-refractivity contribution in [2.24, 2.45) is 5.10 Å². The van der Waals surface area contributed by atoms with Crippen LogP contribution in [0.25, 0.3) is 16.6 Å². The minimum atomic E-state index is -0.146. The van der Waals surface area contributed by atoms with Gasteiger partial charge in [0.25, 0.3) is 5.56 Å². The predicted octanol–water partition coefficient (Wildman–Crippen LogP) is 4.59. The van der Waals surface area contributed by atoms with Crippen LogP contribution in [0.15, 0.2) is 93.2 Å². The van der Waals surface area contributed by atoms with Gasteiger partial charge in [0.1, 0.15) is 0 Å². The first-order chi connectivity index (χ1) is 13.2. The Balaban J connectivity index is 1.80. The number of fused-ring (bicyclic) bond motifs is 1. The zero-order valence-electron chi connectivity index (χ0n) is 14.2. The lowest BCUT2D eigenvalue weighted by molar-refractivity contribution is 0.956. The normalized spacial score (nSPS) is 11.1. The molecule has 3 aromatic carbocycles. The molecule has 0 aliphatic rings. The Labute approximate surface area is 164 Å². The average Bonchev–Trinajstić information content (AvgIpc) is 2.69. The first kappa shape index (κ1) is 17.2. The lowest BCUT2D eigenvalue weighted by Gasteiger charge is -2.12. The van der Waals surface area contributed by atoms with Crippen molar-refractivity contribution in [2.45, 2.75) is 0 Å². The molecule has 1 N–H and O–H groups in total. The van der Waals surface area contributed by atoms with E-state index in [9.17, 15) is 4.79 Å². The van der Waals surface area contributed by atoms with E-state index < -0.39 is 0 Å². The maximum Gasteiger partial charge on any atom is 0.267 e. The Morgan fingerprint density at radius 2 is 1.74 bits per heavy atom. The van der Waals surface area contributed by atoms with Gasteiger partial charge in [-0.2, -0.15) is 5.10 Å². The third-order valence-electron chi connectivity index (χ3n) is 4.02. The van der Waals surface area contributed by atoms with Crippen LogP contribution < -0.4 is 11.0 Å². The molecule has 0 spiro atoms. The first-order valence-corrected chi connectivity index (χ1v) is 9.13. The number of hydrogen-bond acceptors (Lipinski definition) is 4. The summed E-state index contributed by atoms with van der Waals surface area (Å²) in [6.45, 7) is 0. The lowest BCUT2D eigenvalue weighted by Crippen LogP contribution is -2.22. The van der Waals surface area contributed by atoms with Crippen LogP contribution in [0.4, 0.5) is 5.95 Å². The number of nitrogens with one attached hydrogen (secondary N) is 1. The van der Waals surface area contributed by atoms with Crippen LogP contribution in [0.1, 0.15) is 5.56 Å². The highest BCUT2D eigenvalue weighted by molar-refractivity contribution is 9.10. The summed E-state index contributed by atoms with van der Waals surface area (Å²) in [4.78, 5) is 17.6. The van der Waals surface area contributed by atoms with Gasteiger partial charge in [0.2, 0.25) is 5.95 Å². The third-order valence-corrected chi connectivity index (χ3v) is 4.51. The zero-order chi connectivity index (χ0) is 18.6. The molecule has 0 atom stereocenters. The van der Waals surface area contributed by atoms with Gasteiger partial charge in [-0.25, -0.2) is 15.0 Å². The molecule has 5 nitrogen and oxygen atoms in total. The van der Waals surface area contributed by atoms with Gasteiger partial charge in [0.05, 0.1) is 22.8 Å². The molecule has 4 rings (SSSR count). The Bertz CT molecular complexity index is 1190. The highest BCUT2D eigenvalue weighted by Gasteiger charge is 2.11. The average molecular weight is 419 g/mol. The summed E-state index contributed by atoms with van der Waals surface area (Å²) in [5, 5.41) is 4.83. The molecule has 1 heterocycles. The second-order valence-electron chi connectivity index (χ2n) is 5.85. The van der Waals surface area contributed by atoms with E-state index in [1.54, 1.807) is 12.3 Å². The third kappa shape index (κ3) is 3.66. The van der Waals surface area contributed by atoms with Crippen LogP contribution in [-0.2, 0) is 0 Å². The number of benzene rings is 3. The maximum absolute atomic E-state index is 13.1. The highest BCUT2D eigenvalue weighted by atomic mass is 79.9. The van der Waals surface area contributed by atoms with E-state index in [2.05, 4.69) is 31.4 Å². The van der Waals surface area contributed by atoms with Gasteiger partial charge in [-0.1, -0.05) is 58.4 Å². The van der Waals surface area contributed by atoms with Crippen LogP contribution in [0.3, 0.4) is 0 Å². The molecule has 1 aromatic heterocycles. The first-order valence-electron chi connectivity index (χ1n) is 8.34. The Morgan fingerprint density at radius 1 is 0.963 bits per heavy atom. The summed E-state index contributed by atoms with van der Waals surface area (Å²) in [6, 6.07) is 24.4. The molecule has 0 saturated carbocycles. The molecular formula is C21H15BrN4O. The molecule has 6 heteroatoms. The monoisotopic (exact) mass is 418 g/mol. The maximum atomic E-state index is 13.1. The van der Waals surface area contributed by atoms with Crippen molar-refractivity contribution in [3.05, 3.63) is 99.3 Å². The van der Waals surface area contributed by atoms with Crippen molar-refractivity contribution >= 4 is 39.0 Å². The van der Waals surface area contributed by atoms with E-state index in [1.165, 1.54) is 4.57 Å². The fourth-order valence-electron chi connectivity index (χ4n) is 2.78. The van der Waals surface area contributed by atoms with Crippen LogP contribution in [0.2, 0.25) is 0 Å². The molecule has 27 heavy (non-hydrogen) atoms. The number of hydrazone groups is 1. The molecule has 0 fully saturated rings. The van der Waals surface area contributed by atoms with Gasteiger partial charge in [0, 0.05) is 4.47 Å². The largest absolute Gasteiger partial charge is 0.268 e. The van der Waals surface area contributed by atoms with Gasteiger partial charge in [-0.15, -0.1) is 0 Å². The van der Waals surface area contributed by atoms with Crippen molar-refractivity contribution in [1.82, 2.24) is 9.55 Å². The minimum Gasteiger partial charge on any atom is -0.268 e. The number of hydrogen-bond donors (Lipinski definition) is 1. The molecule has 0 saturated heterocycles. The molecule has 0 aliphatic heterocycles. The van der Waals surface area contributed by atoms with E-state index in [1.807, 2.05) is 72.8 Å². The summed E-state index contributed by atoms with van der Waals surface area (Å²) in [6.07, 6.45) is 1.68. The van der Waals surface area contributed by atoms with Gasteiger partial charge >= 0.3 is 0 Å². The molecule has 132 valence electrons. The summed E-state index contributed by atoms with van der Waals surface area (Å²) in [7, 11) is 0. The van der Waals surface area contributed by atoms with E-state index in [0.717, 1.165) is 15.7 Å². The Kier molecular flexibility index (Phi) is 4.80. The van der Waals surface area contributed by atoms with Gasteiger partial charge in [-0.05, 0) is 42.0 Å². The van der Waals surface area contributed by atoms with Crippen molar-refractivity contribution in [3.8, 4) is 5.69 Å². The van der Waals surface area contributed by atoms with Crippen molar-refractivity contribution in [3.63, 3.8) is 0 Å². The number of nitrogens with zero attached hydrogens (tertiary/aromatic N) is 3. The smallest absolute Gasteiger partial charge is 0.267 e. The molecule has 0 bridgehead atoms. The summed E-state index contributed by atoms with van der Waals surface area (Å²) in [5.74, 6) is 0.358. The summed E-state index contributed by atoms with van der Waals surface area (Å²) < 4.78 is 2.50. The van der Waals surface area contributed by atoms with E-state index in [-0.39, 0.29) is 5.56 Å². The molecule has 0 unspecified atom stereocenters. The number of rotatable bonds is 4. The predicted molar refractivity (Wildman–Crippen MR) is 113 cm³/mol. The Hall–Kier alpha value is -3.25. The van der Waals surface area contributed by atoms with Gasteiger partial charge in [-0.3, -0.25) is 4.79 Å². The van der Waals surface area contributed by atoms with Crippen LogP contribution >= 0.6 is 15.9 Å². The number of anilines is 1. The van der Waals surface area contributed by atoms with Crippen molar-refractivity contribution in [1.29, 1.82) is 0 Å². The van der Waals surface area contributed by atoms with Gasteiger partial charge < -0.3 is 0 Å². The highest BCUT2D eigenvalue weighted by Crippen LogP contribution is 2.16. The molecule has 0 radical (unpaired) electrons. The SMILES string of the molecule is O=c1c2ccccc2nc(N/N=C\c2cccc(Br)c2)n1-c1ccccc1. The topological polar surface area (TPSA) is 59.3 Å². The number of halogens is 1. The second-order valence-corrected chi connectivity index (χ2v) is 6.77. The molecule has 4 aromatic rings. The quantitative estimate of drug-likeness (QED) is 0.389. The summed E-state index contributed by atoms with van der Waals surface area (Å²) in [5.41, 5.74) is 5.04. The van der Waals surface area contributed by atoms with Crippen molar-refractivity contribution < 1.29 is 0 Å². The lowest BCUT2D eigenvalue weighted by atomic mass is 10.2. The van der Waals surface area contributed by atoms with E-state index >= 15 is 0 Å². The number of aromatic nitrogens is 2. The Morgan fingerprint density at radius 3 is 2.56 bits per heavy atom. The molecular weight excluding hydrogens is 404 g/mol. The van der Waals surface area contributed by atoms with Crippen LogP contribution in [0, 0.1) is 0 Å². The van der Waals surface area contributed by atoms with Crippen molar-refractivity contribution in [2.75, 3.05) is 5.43 Å². The van der Waals surface area contributed by atoms with E-state index in [0.29, 0.717) is 16.9 Å². The van der Waals surface area contributed by atoms with Crippen LogP contribution in [0.5, 0.6) is 0 Å². The fourth-order valence-corrected chi connectivity index (χ4v) is 3.19. The summed E-state index contributed by atoms with van der Waals surface area (Å²) >= 11 is 3.44. The minimum absolute atomic E-state index is 0.146. The number of para-hydroxylation sites is 2. The zero-order valence-corrected chi connectivity index (χ0v) is 15.8. The van der Waals surface area contributed by atoms with E-state index in [4.69, 9.17) is 0 Å². The molecule has 0 aliphatic carbocycles. The molecule has 0 amide bonds.